The Kier molecular flexibility index (Phi) is 5.07. The van der Waals surface area contributed by atoms with E-state index in [1.54, 1.807) is 6.07 Å². The van der Waals surface area contributed by atoms with E-state index in [-0.39, 0.29) is 5.69 Å². The van der Waals surface area contributed by atoms with Crippen molar-refractivity contribution in [2.75, 3.05) is 5.32 Å². The van der Waals surface area contributed by atoms with Crippen molar-refractivity contribution in [2.45, 2.75) is 26.2 Å². The minimum atomic E-state index is -0.516. The average molecular weight is 460 g/mol. The minimum absolute atomic E-state index is 0.146. The Hall–Kier alpha value is -2.45. The number of benzene rings is 1. The van der Waals surface area contributed by atoms with Crippen molar-refractivity contribution in [1.29, 1.82) is 0 Å². The maximum atomic E-state index is 12.7. The number of hydrogen-bond donors (Lipinski definition) is 2. The molecule has 3 N–H and O–H groups in total. The van der Waals surface area contributed by atoms with E-state index in [9.17, 15) is 9.59 Å². The number of hydrogen-bond acceptors (Lipinski definition) is 5. The second kappa shape index (κ2) is 7.52. The Morgan fingerprint density at radius 1 is 1.32 bits per heavy atom. The summed E-state index contributed by atoms with van der Waals surface area (Å²) < 4.78 is 6.26. The van der Waals surface area contributed by atoms with Crippen LogP contribution in [0.2, 0.25) is 0 Å². The molecule has 4 rings (SSSR count). The highest BCUT2D eigenvalue weighted by molar-refractivity contribution is 9.10. The molecule has 8 heteroatoms. The van der Waals surface area contributed by atoms with Crippen LogP contribution < -0.4 is 11.1 Å². The van der Waals surface area contributed by atoms with Gasteiger partial charge in [-0.05, 0) is 42.9 Å². The summed E-state index contributed by atoms with van der Waals surface area (Å²) in [5, 5.41) is 7.16. The number of thiophene rings is 1. The van der Waals surface area contributed by atoms with Crippen molar-refractivity contribution < 1.29 is 14.1 Å². The van der Waals surface area contributed by atoms with Gasteiger partial charge in [-0.1, -0.05) is 40.1 Å². The fraction of sp³-hybridized carbons (Fsp3) is 0.250. The van der Waals surface area contributed by atoms with Crippen LogP contribution >= 0.6 is 27.3 Å². The number of nitrogens with zero attached hydrogens (tertiary/aromatic N) is 1. The smallest absolute Gasteiger partial charge is 0.278 e. The summed E-state index contributed by atoms with van der Waals surface area (Å²) in [5.74, 6) is 0.103. The van der Waals surface area contributed by atoms with Crippen LogP contribution in [0, 0.1) is 5.92 Å². The Labute approximate surface area is 174 Å². The highest BCUT2D eigenvalue weighted by Crippen LogP contribution is 2.39. The van der Waals surface area contributed by atoms with Crippen LogP contribution in [0.3, 0.4) is 0 Å². The van der Waals surface area contributed by atoms with Crippen LogP contribution in [0.25, 0.3) is 11.3 Å². The first-order chi connectivity index (χ1) is 13.4. The lowest BCUT2D eigenvalue weighted by Crippen LogP contribution is -2.19. The van der Waals surface area contributed by atoms with Crippen LogP contribution in [0.4, 0.5) is 5.00 Å². The molecule has 0 saturated heterocycles. The van der Waals surface area contributed by atoms with Crippen LogP contribution in [-0.4, -0.2) is 17.0 Å². The van der Waals surface area contributed by atoms with Gasteiger partial charge in [-0.25, -0.2) is 0 Å². The van der Waals surface area contributed by atoms with Crippen molar-refractivity contribution >= 4 is 44.1 Å². The molecule has 0 aliphatic heterocycles. The van der Waals surface area contributed by atoms with Gasteiger partial charge < -0.3 is 15.6 Å². The van der Waals surface area contributed by atoms with Crippen molar-refractivity contribution in [2.24, 2.45) is 11.7 Å². The molecular formula is C20H18BrN3O3S. The number of nitrogens with one attached hydrogen (secondary N) is 1. The molecule has 2 aromatic heterocycles. The lowest BCUT2D eigenvalue weighted by molar-refractivity contribution is 0.1000. The number of rotatable bonds is 4. The lowest BCUT2D eigenvalue weighted by Gasteiger charge is -2.18. The van der Waals surface area contributed by atoms with E-state index in [4.69, 9.17) is 10.3 Å². The molecule has 3 aromatic rings. The normalized spacial score (nSPS) is 15.9. The third kappa shape index (κ3) is 3.62. The van der Waals surface area contributed by atoms with Crippen LogP contribution in [0.15, 0.2) is 39.3 Å². The molecule has 6 nitrogen and oxygen atoms in total. The highest BCUT2D eigenvalue weighted by Gasteiger charge is 2.28. The molecular weight excluding hydrogens is 442 g/mol. The molecule has 0 radical (unpaired) electrons. The molecule has 1 aliphatic carbocycles. The van der Waals surface area contributed by atoms with Crippen LogP contribution in [0.1, 0.15) is 44.6 Å². The molecule has 2 heterocycles. The number of anilines is 1. The minimum Gasteiger partial charge on any atom is -0.365 e. The molecule has 1 aliphatic rings. The molecule has 1 atom stereocenters. The quantitative estimate of drug-likeness (QED) is 0.593. The van der Waals surface area contributed by atoms with Crippen molar-refractivity contribution in [1.82, 2.24) is 5.16 Å². The average Bonchev–Trinajstić information content (AvgIpc) is 3.26. The molecule has 0 bridgehead atoms. The summed E-state index contributed by atoms with van der Waals surface area (Å²) in [4.78, 5) is 25.8. The fourth-order valence-electron chi connectivity index (χ4n) is 3.40. The van der Waals surface area contributed by atoms with Crippen LogP contribution in [0.5, 0.6) is 0 Å². The molecule has 28 heavy (non-hydrogen) atoms. The van der Waals surface area contributed by atoms with Gasteiger partial charge in [-0.3, -0.25) is 9.59 Å². The monoisotopic (exact) mass is 459 g/mol. The Morgan fingerprint density at radius 2 is 2.07 bits per heavy atom. The zero-order valence-electron chi connectivity index (χ0n) is 15.1. The third-order valence-corrected chi connectivity index (χ3v) is 6.56. The van der Waals surface area contributed by atoms with E-state index in [0.29, 0.717) is 22.2 Å². The number of amides is 2. The van der Waals surface area contributed by atoms with Gasteiger partial charge in [0.1, 0.15) is 5.00 Å². The van der Waals surface area contributed by atoms with E-state index < -0.39 is 11.8 Å². The van der Waals surface area contributed by atoms with E-state index in [0.717, 1.165) is 39.7 Å². The first kappa shape index (κ1) is 18.9. The molecule has 0 fully saturated rings. The first-order valence-electron chi connectivity index (χ1n) is 8.90. The zero-order valence-corrected chi connectivity index (χ0v) is 17.5. The van der Waals surface area contributed by atoms with Gasteiger partial charge in [0.2, 0.25) is 0 Å². The number of halogens is 1. The molecule has 0 saturated carbocycles. The summed E-state index contributed by atoms with van der Waals surface area (Å²) in [6.45, 7) is 2.18. The summed E-state index contributed by atoms with van der Waals surface area (Å²) in [5.41, 5.74) is 7.96. The SMILES string of the molecule is CC1CCc2c(sc(NC(=O)c3cc(-c4ccc(Br)cc4)on3)c2C(N)=O)C1. The van der Waals surface area contributed by atoms with Crippen molar-refractivity contribution in [3.05, 3.63) is 56.5 Å². The van der Waals surface area contributed by atoms with Crippen molar-refractivity contribution in [3.8, 4) is 11.3 Å². The highest BCUT2D eigenvalue weighted by atomic mass is 79.9. The number of carbonyl (C=O) groups is 2. The predicted molar refractivity (Wildman–Crippen MR) is 112 cm³/mol. The largest absolute Gasteiger partial charge is 0.365 e. The fourth-order valence-corrected chi connectivity index (χ4v) is 5.07. The van der Waals surface area contributed by atoms with Crippen molar-refractivity contribution in [3.63, 3.8) is 0 Å². The maximum absolute atomic E-state index is 12.7. The Morgan fingerprint density at radius 3 is 2.79 bits per heavy atom. The molecule has 1 unspecified atom stereocenters. The van der Waals surface area contributed by atoms with Crippen LogP contribution in [-0.2, 0) is 12.8 Å². The number of nitrogens with two attached hydrogens (primary N) is 1. The number of aromatic nitrogens is 1. The van der Waals surface area contributed by atoms with E-state index >= 15 is 0 Å². The predicted octanol–water partition coefficient (Wildman–Crippen LogP) is 4.64. The molecule has 0 spiro atoms. The summed E-state index contributed by atoms with van der Waals surface area (Å²) in [6.07, 6.45) is 2.71. The van der Waals surface area contributed by atoms with E-state index in [1.807, 2.05) is 24.3 Å². The summed E-state index contributed by atoms with van der Waals surface area (Å²) in [7, 11) is 0. The van der Waals surface area contributed by atoms with Gasteiger partial charge in [0.05, 0.1) is 5.56 Å². The van der Waals surface area contributed by atoms with E-state index in [1.165, 1.54) is 11.3 Å². The summed E-state index contributed by atoms with van der Waals surface area (Å²) in [6, 6.07) is 9.08. The standard InChI is InChI=1S/C20H18BrN3O3S/c1-10-2-7-13-16(8-10)28-20(17(13)18(22)25)23-19(26)14-9-15(27-24-14)11-3-5-12(21)6-4-11/h3-6,9-10H,2,7-8H2,1H3,(H2,22,25)(H,23,26). The molecule has 2 amide bonds. The Balaban J connectivity index is 1.59. The molecule has 144 valence electrons. The van der Waals surface area contributed by atoms with Gasteiger partial charge in [-0.2, -0.15) is 0 Å². The van der Waals surface area contributed by atoms with Gasteiger partial charge in [-0.15, -0.1) is 11.3 Å². The second-order valence-corrected chi connectivity index (χ2v) is 8.98. The topological polar surface area (TPSA) is 98.2 Å². The number of fused-ring (bicyclic) bond motifs is 1. The zero-order chi connectivity index (χ0) is 19.8. The van der Waals surface area contributed by atoms with Gasteiger partial charge in [0.25, 0.3) is 11.8 Å². The van der Waals surface area contributed by atoms with Gasteiger partial charge in [0, 0.05) is 21.0 Å². The second-order valence-electron chi connectivity index (χ2n) is 6.96. The lowest BCUT2D eigenvalue weighted by atomic mass is 9.88. The molecule has 1 aromatic carbocycles. The number of primary amides is 1. The van der Waals surface area contributed by atoms with E-state index in [2.05, 4.69) is 33.3 Å². The number of carbonyl (C=O) groups excluding carboxylic acids is 2. The maximum Gasteiger partial charge on any atom is 0.278 e. The van der Waals surface area contributed by atoms with Gasteiger partial charge in [0.15, 0.2) is 11.5 Å². The summed E-state index contributed by atoms with van der Waals surface area (Å²) >= 11 is 4.81. The Bertz CT molecular complexity index is 1060. The third-order valence-electron chi connectivity index (χ3n) is 4.86. The first-order valence-corrected chi connectivity index (χ1v) is 10.5. The van der Waals surface area contributed by atoms with Gasteiger partial charge >= 0.3 is 0 Å².